The number of nitro benzene ring substituents is 1. The fraction of sp³-hybridized carbons (Fsp3) is 0.432. The molecule has 11 nitrogen and oxygen atoms in total. The van der Waals surface area contributed by atoms with Gasteiger partial charge in [0.05, 0.1) is 38.9 Å². The number of nitro groups is 1. The zero-order chi connectivity index (χ0) is 36.9. The van der Waals surface area contributed by atoms with Crippen molar-refractivity contribution in [3.05, 3.63) is 93.2 Å². The van der Waals surface area contributed by atoms with E-state index in [1.165, 1.54) is 37.1 Å². The van der Waals surface area contributed by atoms with Gasteiger partial charge in [0.15, 0.2) is 0 Å². The zero-order valence-electron chi connectivity index (χ0n) is 29.0. The first-order valence-corrected chi connectivity index (χ1v) is 16.5. The van der Waals surface area contributed by atoms with Gasteiger partial charge in [-0.3, -0.25) is 19.8 Å². The van der Waals surface area contributed by atoms with E-state index >= 15 is 13.2 Å². The van der Waals surface area contributed by atoms with Crippen LogP contribution < -0.4 is 14.2 Å². The lowest BCUT2D eigenvalue weighted by Crippen LogP contribution is -2.52. The van der Waals surface area contributed by atoms with E-state index < -0.39 is 23.2 Å². The average Bonchev–Trinajstić information content (AvgIpc) is 3.48. The fourth-order valence-electron chi connectivity index (χ4n) is 6.84. The quantitative estimate of drug-likeness (QED) is 0.0894. The van der Waals surface area contributed by atoms with Crippen molar-refractivity contribution >= 4 is 22.6 Å². The minimum Gasteiger partial charge on any atom is -0.497 e. The van der Waals surface area contributed by atoms with E-state index in [0.29, 0.717) is 61.6 Å². The number of carbonyl (C=O) groups excluding carboxylic acids is 1. The molecule has 1 aliphatic heterocycles. The molecule has 2 heterocycles. The number of nitrogens with zero attached hydrogens (tertiary/aromatic N) is 3. The Morgan fingerprint density at radius 3 is 2.24 bits per heavy atom. The molecule has 51 heavy (non-hydrogen) atoms. The van der Waals surface area contributed by atoms with E-state index in [9.17, 15) is 20.0 Å². The molecule has 1 N–H and O–H groups in total. The second kappa shape index (κ2) is 15.6. The molecule has 1 aromatic heterocycles. The molecule has 1 fully saturated rings. The molecule has 1 aliphatic rings. The highest BCUT2D eigenvalue weighted by Crippen LogP contribution is 2.45. The molecule has 0 aliphatic carbocycles. The molecule has 0 bridgehead atoms. The zero-order valence-corrected chi connectivity index (χ0v) is 29.0. The van der Waals surface area contributed by atoms with Crippen molar-refractivity contribution in [2.24, 2.45) is 5.92 Å². The van der Waals surface area contributed by atoms with E-state index in [-0.39, 0.29) is 47.0 Å². The maximum atomic E-state index is 15.0. The number of aryl methyl sites for hydroxylation is 1. The van der Waals surface area contributed by atoms with Crippen molar-refractivity contribution in [1.82, 2.24) is 9.47 Å². The Morgan fingerprint density at radius 2 is 1.65 bits per heavy atom. The number of β-amino-alcohol motifs (C(OH)–C–C–N with tert-alkyl or cyclic N) is 1. The summed E-state index contributed by atoms with van der Waals surface area (Å²) in [7, 11) is 5.93. The lowest BCUT2D eigenvalue weighted by atomic mass is 9.87. The summed E-state index contributed by atoms with van der Waals surface area (Å²) in [6, 6.07) is 14.4. The molecule has 0 amide bonds. The largest absolute Gasteiger partial charge is 0.497 e. The number of hydrogen-bond acceptors (Lipinski definition) is 9. The number of aliphatic hydroxyl groups is 1. The third kappa shape index (κ3) is 8.23. The van der Waals surface area contributed by atoms with Crippen molar-refractivity contribution < 1.29 is 46.9 Å². The van der Waals surface area contributed by atoms with E-state index in [2.05, 4.69) is 0 Å². The SMILES string of the molecule is COC(=O)CCc1cc(OC)c(CC2CCN(CC(O)(c3cn(Cc4cccc(OC)c4)c4cc([N+](=O)[O-])ccc34)C(F)(F)F)CC2)c(OC)c1. The van der Waals surface area contributed by atoms with Crippen LogP contribution in [0.3, 0.4) is 0 Å². The first-order valence-electron chi connectivity index (χ1n) is 16.5. The van der Waals surface area contributed by atoms with Gasteiger partial charge in [-0.05, 0) is 86.1 Å². The minimum absolute atomic E-state index is 0.0763. The monoisotopic (exact) mass is 713 g/mol. The van der Waals surface area contributed by atoms with Crippen LogP contribution in [0.5, 0.6) is 17.2 Å². The summed E-state index contributed by atoms with van der Waals surface area (Å²) in [5.74, 6) is 1.54. The number of methoxy groups -OCH3 is 4. The van der Waals surface area contributed by atoms with Crippen LogP contribution in [0.2, 0.25) is 0 Å². The molecule has 0 radical (unpaired) electrons. The number of carbonyl (C=O) groups is 1. The van der Waals surface area contributed by atoms with Gasteiger partial charge >= 0.3 is 12.1 Å². The van der Waals surface area contributed by atoms with Crippen molar-refractivity contribution in [3.8, 4) is 17.2 Å². The van der Waals surface area contributed by atoms with Crippen LogP contribution >= 0.6 is 0 Å². The standard InChI is InChI=1S/C37H42F3N3O8/c1-48-28-7-5-6-26(16-28)21-42-22-31(29-10-9-27(43(46)47)20-32(29)42)36(45,37(38,39)40)23-41-14-12-24(13-15-41)17-30-33(49-2)18-25(19-34(30)50-3)8-11-35(44)51-4/h5-7,9-10,16,18-20,22,24,45H,8,11-15,17,21,23H2,1-4H3. The van der Waals surface area contributed by atoms with E-state index in [1.807, 2.05) is 12.1 Å². The third-order valence-electron chi connectivity index (χ3n) is 9.64. The van der Waals surface area contributed by atoms with Crippen LogP contribution in [0.4, 0.5) is 18.9 Å². The maximum Gasteiger partial charge on any atom is 0.422 e. The topological polar surface area (TPSA) is 126 Å². The van der Waals surface area contributed by atoms with Gasteiger partial charge in [0.2, 0.25) is 5.60 Å². The average molecular weight is 714 g/mol. The molecule has 3 aromatic carbocycles. The van der Waals surface area contributed by atoms with Crippen molar-refractivity contribution in [1.29, 1.82) is 0 Å². The number of esters is 1. The molecular weight excluding hydrogens is 671 g/mol. The number of halogens is 3. The number of hydrogen-bond donors (Lipinski definition) is 1. The molecule has 0 spiro atoms. The van der Waals surface area contributed by atoms with Crippen LogP contribution in [0.1, 0.15) is 41.5 Å². The molecule has 1 atom stereocenters. The molecule has 274 valence electrons. The number of non-ortho nitro benzene ring substituents is 1. The van der Waals surface area contributed by atoms with Gasteiger partial charge in [-0.2, -0.15) is 13.2 Å². The minimum atomic E-state index is -5.06. The number of ether oxygens (including phenoxy) is 4. The second-order valence-electron chi connectivity index (χ2n) is 12.8. The maximum absolute atomic E-state index is 15.0. The summed E-state index contributed by atoms with van der Waals surface area (Å²) in [4.78, 5) is 24.3. The highest BCUT2D eigenvalue weighted by Gasteiger charge is 2.57. The molecule has 1 unspecified atom stereocenters. The Labute approximate surface area is 293 Å². The Bertz CT molecular complexity index is 1840. The van der Waals surface area contributed by atoms with Gasteiger partial charge in [0.25, 0.3) is 5.69 Å². The number of rotatable bonds is 14. The second-order valence-corrected chi connectivity index (χ2v) is 12.8. The van der Waals surface area contributed by atoms with Crippen molar-refractivity contribution in [3.63, 3.8) is 0 Å². The van der Waals surface area contributed by atoms with Crippen LogP contribution in [-0.2, 0) is 34.5 Å². The van der Waals surface area contributed by atoms with Crippen molar-refractivity contribution in [2.75, 3.05) is 48.1 Å². The highest BCUT2D eigenvalue weighted by molar-refractivity contribution is 5.87. The normalized spacial score (nSPS) is 15.4. The summed E-state index contributed by atoms with van der Waals surface area (Å²) in [5, 5.41) is 23.4. The smallest absolute Gasteiger partial charge is 0.422 e. The summed E-state index contributed by atoms with van der Waals surface area (Å²) in [5.41, 5.74) is -1.33. The third-order valence-corrected chi connectivity index (χ3v) is 9.64. The lowest BCUT2D eigenvalue weighted by molar-refractivity contribution is -0.384. The van der Waals surface area contributed by atoms with Crippen LogP contribution in [0.15, 0.2) is 60.8 Å². The van der Waals surface area contributed by atoms with Gasteiger partial charge in [0.1, 0.15) is 17.2 Å². The number of fused-ring (bicyclic) bond motifs is 1. The van der Waals surface area contributed by atoms with Gasteiger partial charge in [-0.25, -0.2) is 0 Å². The van der Waals surface area contributed by atoms with Crippen LogP contribution in [0, 0.1) is 16.0 Å². The predicted octanol–water partition coefficient (Wildman–Crippen LogP) is 6.43. The summed E-state index contributed by atoms with van der Waals surface area (Å²) in [6.45, 7) is -0.00888. The number of likely N-dealkylation sites (tertiary alicyclic amines) is 1. The molecule has 5 rings (SSSR count). The Hall–Kier alpha value is -4.82. The Kier molecular flexibility index (Phi) is 11.5. The van der Waals surface area contributed by atoms with Gasteiger partial charge < -0.3 is 28.6 Å². The highest BCUT2D eigenvalue weighted by atomic mass is 19.4. The number of alkyl halides is 3. The predicted molar refractivity (Wildman–Crippen MR) is 183 cm³/mol. The van der Waals surface area contributed by atoms with Crippen LogP contribution in [-0.4, -0.2) is 79.7 Å². The first kappa shape index (κ1) is 37.4. The molecule has 0 saturated carbocycles. The Morgan fingerprint density at radius 1 is 0.961 bits per heavy atom. The summed E-state index contributed by atoms with van der Waals surface area (Å²) >= 11 is 0. The number of piperidine rings is 1. The van der Waals surface area contributed by atoms with Gasteiger partial charge in [-0.1, -0.05) is 12.1 Å². The fourth-order valence-corrected chi connectivity index (χ4v) is 6.84. The molecule has 4 aromatic rings. The van der Waals surface area contributed by atoms with E-state index in [4.69, 9.17) is 18.9 Å². The van der Waals surface area contributed by atoms with Crippen molar-refractivity contribution in [2.45, 2.75) is 50.4 Å². The molecular formula is C37H42F3N3O8. The van der Waals surface area contributed by atoms with E-state index in [0.717, 1.165) is 17.2 Å². The molecule has 1 saturated heterocycles. The number of benzene rings is 3. The van der Waals surface area contributed by atoms with Gasteiger partial charge in [-0.15, -0.1) is 0 Å². The van der Waals surface area contributed by atoms with Crippen LogP contribution in [0.25, 0.3) is 10.9 Å². The van der Waals surface area contributed by atoms with Gasteiger partial charge in [0, 0.05) is 54.4 Å². The lowest BCUT2D eigenvalue weighted by Gasteiger charge is -2.39. The summed E-state index contributed by atoms with van der Waals surface area (Å²) in [6.07, 6.45) is -1.47. The van der Waals surface area contributed by atoms with E-state index in [1.54, 1.807) is 43.4 Å². The molecule has 14 heteroatoms. The Balaban J connectivity index is 1.38. The first-order chi connectivity index (χ1) is 24.3. The number of aromatic nitrogens is 1. The summed E-state index contributed by atoms with van der Waals surface area (Å²) < 4.78 is 68.0.